The van der Waals surface area contributed by atoms with Gasteiger partial charge in [-0.05, 0) is 37.0 Å². The van der Waals surface area contributed by atoms with Gasteiger partial charge < -0.3 is 11.1 Å². The molecule has 0 aromatic heterocycles. The first kappa shape index (κ1) is 15.3. The van der Waals surface area contributed by atoms with Crippen LogP contribution in [0.3, 0.4) is 0 Å². The average Bonchev–Trinajstić information content (AvgIpc) is 2.48. The first-order valence-corrected chi connectivity index (χ1v) is 7.23. The average molecular weight is 282 g/mol. The number of nitrogens with one attached hydrogen (secondary N) is 1. The Morgan fingerprint density at radius 3 is 2.38 bits per heavy atom. The molecule has 2 aromatic carbocycles. The van der Waals surface area contributed by atoms with Crippen LogP contribution in [0.5, 0.6) is 0 Å². The van der Waals surface area contributed by atoms with Crippen molar-refractivity contribution < 1.29 is 4.79 Å². The van der Waals surface area contributed by atoms with Gasteiger partial charge in [-0.2, -0.15) is 0 Å². The van der Waals surface area contributed by atoms with Crippen LogP contribution in [0.4, 0.5) is 0 Å². The number of carbonyl (C=O) groups is 1. The maximum atomic E-state index is 12.2. The van der Waals surface area contributed by atoms with Gasteiger partial charge in [-0.3, -0.25) is 4.79 Å². The minimum atomic E-state index is -0.529. The molecule has 1 unspecified atom stereocenters. The molecule has 0 spiro atoms. The molecule has 2 atom stereocenters. The Bertz CT molecular complexity index is 595. The lowest BCUT2D eigenvalue weighted by Crippen LogP contribution is -2.43. The first-order valence-electron chi connectivity index (χ1n) is 7.23. The van der Waals surface area contributed by atoms with E-state index >= 15 is 0 Å². The molecule has 0 aliphatic carbocycles. The molecule has 0 aliphatic heterocycles. The second kappa shape index (κ2) is 7.04. The zero-order valence-electron chi connectivity index (χ0n) is 12.5. The molecule has 0 radical (unpaired) electrons. The number of aryl methyl sites for hydroxylation is 1. The number of hydrogen-bond acceptors (Lipinski definition) is 2. The molecule has 0 fully saturated rings. The summed E-state index contributed by atoms with van der Waals surface area (Å²) in [6.07, 6.45) is 0.549. The Hall–Kier alpha value is -2.13. The highest BCUT2D eigenvalue weighted by molar-refractivity contribution is 5.82. The Labute approximate surface area is 126 Å². The topological polar surface area (TPSA) is 55.1 Å². The second-order valence-corrected chi connectivity index (χ2v) is 5.38. The highest BCUT2D eigenvalue weighted by atomic mass is 16.2. The monoisotopic (exact) mass is 282 g/mol. The summed E-state index contributed by atoms with van der Waals surface area (Å²) < 4.78 is 0. The molecule has 3 heteroatoms. The van der Waals surface area contributed by atoms with E-state index in [1.54, 1.807) is 0 Å². The Morgan fingerprint density at radius 1 is 1.10 bits per heavy atom. The fourth-order valence-electron chi connectivity index (χ4n) is 2.43. The molecule has 3 nitrogen and oxygen atoms in total. The van der Waals surface area contributed by atoms with Gasteiger partial charge in [0.25, 0.3) is 0 Å². The minimum Gasteiger partial charge on any atom is -0.348 e. The van der Waals surface area contributed by atoms with Gasteiger partial charge in [-0.25, -0.2) is 0 Å². The van der Waals surface area contributed by atoms with E-state index in [1.807, 2.05) is 68.4 Å². The zero-order valence-corrected chi connectivity index (χ0v) is 12.5. The molecular formula is C18H22N2O. The third-order valence-corrected chi connectivity index (χ3v) is 3.65. The number of hydrogen-bond donors (Lipinski definition) is 2. The van der Waals surface area contributed by atoms with Gasteiger partial charge in [0.2, 0.25) is 5.91 Å². The van der Waals surface area contributed by atoms with E-state index in [1.165, 1.54) is 5.56 Å². The van der Waals surface area contributed by atoms with Crippen LogP contribution in [0.25, 0.3) is 0 Å². The van der Waals surface area contributed by atoms with Gasteiger partial charge in [0.05, 0.1) is 12.1 Å². The largest absolute Gasteiger partial charge is 0.348 e. The van der Waals surface area contributed by atoms with Crippen LogP contribution in [0.2, 0.25) is 0 Å². The van der Waals surface area contributed by atoms with Crippen LogP contribution in [-0.4, -0.2) is 11.9 Å². The van der Waals surface area contributed by atoms with E-state index in [4.69, 9.17) is 5.73 Å². The normalized spacial score (nSPS) is 13.5. The van der Waals surface area contributed by atoms with E-state index < -0.39 is 6.04 Å². The summed E-state index contributed by atoms with van der Waals surface area (Å²) in [5, 5.41) is 2.99. The van der Waals surface area contributed by atoms with Crippen LogP contribution in [-0.2, 0) is 11.2 Å². The summed E-state index contributed by atoms with van der Waals surface area (Å²) in [5.41, 5.74) is 9.37. The second-order valence-electron chi connectivity index (χ2n) is 5.38. The molecule has 1 amide bonds. The Kier molecular flexibility index (Phi) is 5.12. The number of benzene rings is 2. The van der Waals surface area contributed by atoms with Crippen molar-refractivity contribution in [2.24, 2.45) is 5.73 Å². The molecular weight excluding hydrogens is 260 g/mol. The van der Waals surface area contributed by atoms with Crippen LogP contribution >= 0.6 is 0 Å². The molecule has 0 saturated heterocycles. The third-order valence-electron chi connectivity index (χ3n) is 3.65. The lowest BCUT2D eigenvalue weighted by atomic mass is 10.0. The van der Waals surface area contributed by atoms with Crippen LogP contribution < -0.4 is 11.1 Å². The van der Waals surface area contributed by atoms with Gasteiger partial charge in [-0.15, -0.1) is 0 Å². The number of nitrogens with two attached hydrogens (primary N) is 1. The van der Waals surface area contributed by atoms with Crippen molar-refractivity contribution >= 4 is 5.91 Å². The fraction of sp³-hybridized carbons (Fsp3) is 0.278. The van der Waals surface area contributed by atoms with E-state index in [0.29, 0.717) is 6.42 Å². The lowest BCUT2D eigenvalue weighted by molar-refractivity contribution is -0.123. The fourth-order valence-corrected chi connectivity index (χ4v) is 2.43. The highest BCUT2D eigenvalue weighted by Crippen LogP contribution is 2.16. The number of carbonyl (C=O) groups excluding carboxylic acids is 1. The summed E-state index contributed by atoms with van der Waals surface area (Å²) >= 11 is 0. The van der Waals surface area contributed by atoms with Crippen molar-refractivity contribution in [1.82, 2.24) is 5.32 Å². The van der Waals surface area contributed by atoms with Gasteiger partial charge in [0.15, 0.2) is 0 Å². The minimum absolute atomic E-state index is 0.0412. The van der Waals surface area contributed by atoms with Crippen molar-refractivity contribution in [3.63, 3.8) is 0 Å². The highest BCUT2D eigenvalue weighted by Gasteiger charge is 2.17. The van der Waals surface area contributed by atoms with Crippen molar-refractivity contribution in [2.45, 2.75) is 32.4 Å². The molecule has 0 aliphatic rings. The number of amides is 1. The summed E-state index contributed by atoms with van der Waals surface area (Å²) in [4.78, 5) is 12.2. The zero-order chi connectivity index (χ0) is 15.2. The van der Waals surface area contributed by atoms with Crippen LogP contribution in [0.15, 0.2) is 54.6 Å². The molecule has 2 rings (SSSR count). The van der Waals surface area contributed by atoms with Gasteiger partial charge in [-0.1, -0.05) is 54.6 Å². The molecule has 2 aromatic rings. The van der Waals surface area contributed by atoms with Gasteiger partial charge in [0, 0.05) is 0 Å². The van der Waals surface area contributed by atoms with E-state index in [-0.39, 0.29) is 11.9 Å². The standard InChI is InChI=1S/C18H22N2O/c1-13-8-6-7-11-16(13)14(2)20-18(21)17(19)12-15-9-4-3-5-10-15/h3-11,14,17H,12,19H2,1-2H3,(H,20,21)/t14?,17-/m0/s1. The summed E-state index contributed by atoms with van der Waals surface area (Å²) in [7, 11) is 0. The third kappa shape index (κ3) is 4.17. The summed E-state index contributed by atoms with van der Waals surface area (Å²) in [6, 6.07) is 17.3. The maximum Gasteiger partial charge on any atom is 0.237 e. The van der Waals surface area contributed by atoms with Crippen molar-refractivity contribution in [1.29, 1.82) is 0 Å². The Balaban J connectivity index is 1.96. The maximum absolute atomic E-state index is 12.2. The molecule has 0 heterocycles. The summed E-state index contributed by atoms with van der Waals surface area (Å²) in [5.74, 6) is -0.116. The van der Waals surface area contributed by atoms with E-state index in [9.17, 15) is 4.79 Å². The molecule has 110 valence electrons. The molecule has 0 saturated carbocycles. The van der Waals surface area contributed by atoms with Gasteiger partial charge >= 0.3 is 0 Å². The molecule has 21 heavy (non-hydrogen) atoms. The van der Waals surface area contributed by atoms with Crippen LogP contribution in [0.1, 0.15) is 29.7 Å². The lowest BCUT2D eigenvalue weighted by Gasteiger charge is -2.19. The van der Waals surface area contributed by atoms with Crippen molar-refractivity contribution in [3.8, 4) is 0 Å². The van der Waals surface area contributed by atoms with E-state index in [0.717, 1.165) is 11.1 Å². The first-order chi connectivity index (χ1) is 10.1. The van der Waals surface area contributed by atoms with Crippen LogP contribution in [0, 0.1) is 6.92 Å². The van der Waals surface area contributed by atoms with Crippen molar-refractivity contribution in [3.05, 3.63) is 71.3 Å². The predicted molar refractivity (Wildman–Crippen MR) is 85.9 cm³/mol. The molecule has 3 N–H and O–H groups in total. The molecule has 0 bridgehead atoms. The SMILES string of the molecule is Cc1ccccc1C(C)NC(=O)[C@@H](N)Cc1ccccc1. The van der Waals surface area contributed by atoms with Gasteiger partial charge in [0.1, 0.15) is 0 Å². The number of rotatable bonds is 5. The van der Waals surface area contributed by atoms with Crippen molar-refractivity contribution in [2.75, 3.05) is 0 Å². The smallest absolute Gasteiger partial charge is 0.237 e. The summed E-state index contributed by atoms with van der Waals surface area (Å²) in [6.45, 7) is 4.03. The Morgan fingerprint density at radius 2 is 1.71 bits per heavy atom. The van der Waals surface area contributed by atoms with E-state index in [2.05, 4.69) is 5.32 Å². The quantitative estimate of drug-likeness (QED) is 0.886. The predicted octanol–water partition coefficient (Wildman–Crippen LogP) is 2.74.